The number of carbonyl (C=O) groups excluding carboxylic acids is 1. The Morgan fingerprint density at radius 1 is 1.21 bits per heavy atom. The molecule has 0 saturated carbocycles. The maximum absolute atomic E-state index is 12.5. The van der Waals surface area contributed by atoms with Crippen molar-refractivity contribution in [3.8, 4) is 11.5 Å². The third kappa shape index (κ3) is 4.45. The molecule has 29 heavy (non-hydrogen) atoms. The van der Waals surface area contributed by atoms with Crippen molar-refractivity contribution < 1.29 is 18.7 Å². The molecule has 0 saturated heterocycles. The number of methoxy groups -OCH3 is 1. The van der Waals surface area contributed by atoms with Crippen LogP contribution in [0.1, 0.15) is 36.1 Å². The Hall–Kier alpha value is -3.21. The quantitative estimate of drug-likeness (QED) is 0.562. The molecule has 1 aromatic heterocycles. The number of amides is 1. The summed E-state index contributed by atoms with van der Waals surface area (Å²) in [6.07, 6.45) is 3.36. The molecule has 1 amide bonds. The Morgan fingerprint density at radius 3 is 2.59 bits per heavy atom. The van der Waals surface area contributed by atoms with Crippen molar-refractivity contribution in [2.75, 3.05) is 13.7 Å². The van der Waals surface area contributed by atoms with Crippen molar-refractivity contribution >= 4 is 22.4 Å². The average Bonchev–Trinajstić information content (AvgIpc) is 3.09. The minimum atomic E-state index is -0.151. The number of hydrogen-bond donors (Lipinski definition) is 1. The first-order chi connectivity index (χ1) is 13.9. The van der Waals surface area contributed by atoms with Crippen LogP contribution < -0.4 is 14.8 Å². The van der Waals surface area contributed by atoms with E-state index in [1.54, 1.807) is 19.4 Å². The average molecular weight is 393 g/mol. The van der Waals surface area contributed by atoms with Gasteiger partial charge in [-0.05, 0) is 62.6 Å². The second kappa shape index (κ2) is 8.86. The van der Waals surface area contributed by atoms with Crippen molar-refractivity contribution in [1.82, 2.24) is 5.32 Å². The van der Waals surface area contributed by atoms with Crippen LogP contribution in [0.25, 0.3) is 16.5 Å². The molecule has 3 rings (SSSR count). The summed E-state index contributed by atoms with van der Waals surface area (Å²) in [6, 6.07) is 9.66. The highest BCUT2D eigenvalue weighted by atomic mass is 16.5. The molecular weight excluding hydrogens is 366 g/mol. The van der Waals surface area contributed by atoms with E-state index in [9.17, 15) is 4.79 Å². The predicted molar refractivity (Wildman–Crippen MR) is 115 cm³/mol. The third-order valence-corrected chi connectivity index (χ3v) is 4.92. The number of aryl methyl sites for hydroxylation is 2. The van der Waals surface area contributed by atoms with Gasteiger partial charge in [-0.15, -0.1) is 0 Å². The number of rotatable bonds is 7. The smallest absolute Gasteiger partial charge is 0.244 e. The topological polar surface area (TPSA) is 60.7 Å². The molecular formula is C24H27NO4. The largest absolute Gasteiger partial charge is 0.497 e. The van der Waals surface area contributed by atoms with Gasteiger partial charge in [0, 0.05) is 29.1 Å². The molecule has 0 bridgehead atoms. The summed E-state index contributed by atoms with van der Waals surface area (Å²) >= 11 is 0. The molecule has 0 aliphatic heterocycles. The number of ether oxygens (including phenoxy) is 2. The van der Waals surface area contributed by atoms with Crippen LogP contribution in [0.3, 0.4) is 0 Å². The van der Waals surface area contributed by atoms with Crippen molar-refractivity contribution in [1.29, 1.82) is 0 Å². The fourth-order valence-corrected chi connectivity index (χ4v) is 3.32. The van der Waals surface area contributed by atoms with Gasteiger partial charge in [-0.1, -0.05) is 12.1 Å². The summed E-state index contributed by atoms with van der Waals surface area (Å²) in [7, 11) is 1.63. The zero-order valence-corrected chi connectivity index (χ0v) is 17.6. The van der Waals surface area contributed by atoms with Crippen molar-refractivity contribution in [3.63, 3.8) is 0 Å². The minimum absolute atomic E-state index is 0.151. The van der Waals surface area contributed by atoms with Crippen molar-refractivity contribution in [3.05, 3.63) is 64.9 Å². The van der Waals surface area contributed by atoms with Gasteiger partial charge >= 0.3 is 0 Å². The van der Waals surface area contributed by atoms with E-state index in [2.05, 4.69) is 5.32 Å². The van der Waals surface area contributed by atoms with Crippen LogP contribution in [-0.4, -0.2) is 19.6 Å². The fraction of sp³-hybridized carbons (Fsp3) is 0.292. The SMILES string of the molecule is CCOc1c(/C(C)=C/C(=O)NCc2ccc(OC)cc2)cc2c(C)coc2c1C. The Balaban J connectivity index is 1.83. The summed E-state index contributed by atoms with van der Waals surface area (Å²) in [6.45, 7) is 8.85. The van der Waals surface area contributed by atoms with Gasteiger partial charge in [0.15, 0.2) is 0 Å². The lowest BCUT2D eigenvalue weighted by atomic mass is 9.98. The monoisotopic (exact) mass is 393 g/mol. The Bertz CT molecular complexity index is 1040. The van der Waals surface area contributed by atoms with E-state index in [-0.39, 0.29) is 5.91 Å². The summed E-state index contributed by atoms with van der Waals surface area (Å²) in [5.41, 5.74) is 5.58. The maximum Gasteiger partial charge on any atom is 0.244 e. The first-order valence-corrected chi connectivity index (χ1v) is 9.68. The molecule has 0 aliphatic rings. The second-order valence-corrected chi connectivity index (χ2v) is 7.00. The van der Waals surface area contributed by atoms with Crippen LogP contribution in [0.15, 0.2) is 47.1 Å². The van der Waals surface area contributed by atoms with Crippen LogP contribution in [0.2, 0.25) is 0 Å². The summed E-state index contributed by atoms with van der Waals surface area (Å²) in [5, 5.41) is 3.97. The molecule has 1 N–H and O–H groups in total. The molecule has 1 heterocycles. The van der Waals surface area contributed by atoms with E-state index < -0.39 is 0 Å². The van der Waals surface area contributed by atoms with E-state index in [0.29, 0.717) is 13.2 Å². The van der Waals surface area contributed by atoms with Gasteiger partial charge in [-0.25, -0.2) is 0 Å². The first kappa shape index (κ1) is 20.5. The van der Waals surface area contributed by atoms with Crippen LogP contribution >= 0.6 is 0 Å². The molecule has 0 radical (unpaired) electrons. The van der Waals surface area contributed by atoms with Gasteiger partial charge in [0.1, 0.15) is 17.1 Å². The van der Waals surface area contributed by atoms with Gasteiger partial charge in [-0.3, -0.25) is 4.79 Å². The third-order valence-electron chi connectivity index (χ3n) is 4.92. The van der Waals surface area contributed by atoms with Gasteiger partial charge < -0.3 is 19.2 Å². The van der Waals surface area contributed by atoms with Crippen LogP contribution in [-0.2, 0) is 11.3 Å². The number of nitrogens with one attached hydrogen (secondary N) is 1. The normalized spacial score (nSPS) is 11.6. The highest BCUT2D eigenvalue weighted by Crippen LogP contribution is 2.37. The van der Waals surface area contributed by atoms with Gasteiger partial charge in [-0.2, -0.15) is 0 Å². The highest BCUT2D eigenvalue weighted by Gasteiger charge is 2.17. The number of hydrogen-bond acceptors (Lipinski definition) is 4. The van der Waals surface area contributed by atoms with E-state index in [1.807, 2.05) is 58.0 Å². The number of allylic oxidation sites excluding steroid dienone is 1. The van der Waals surface area contributed by atoms with Crippen molar-refractivity contribution in [2.24, 2.45) is 0 Å². The van der Waals surface area contributed by atoms with Crippen LogP contribution in [0.4, 0.5) is 0 Å². The maximum atomic E-state index is 12.5. The number of benzene rings is 2. The highest BCUT2D eigenvalue weighted by molar-refractivity contribution is 5.98. The molecule has 0 aliphatic carbocycles. The number of furan rings is 1. The summed E-state index contributed by atoms with van der Waals surface area (Å²) < 4.78 is 16.7. The lowest BCUT2D eigenvalue weighted by molar-refractivity contribution is -0.116. The molecule has 0 atom stereocenters. The molecule has 3 aromatic rings. The number of carbonyl (C=O) groups is 1. The molecule has 0 spiro atoms. The predicted octanol–water partition coefficient (Wildman–Crippen LogP) is 5.18. The fourth-order valence-electron chi connectivity index (χ4n) is 3.32. The standard InChI is InChI=1S/C24H27NO4/c1-6-28-23-17(4)24-21(16(3)14-29-24)12-20(23)15(2)11-22(26)25-13-18-7-9-19(27-5)10-8-18/h7-12,14H,6,13H2,1-5H3,(H,25,26)/b15-11+. The summed E-state index contributed by atoms with van der Waals surface area (Å²) in [4.78, 5) is 12.5. The molecule has 2 aromatic carbocycles. The molecule has 5 heteroatoms. The number of fused-ring (bicyclic) bond motifs is 1. The first-order valence-electron chi connectivity index (χ1n) is 9.68. The van der Waals surface area contributed by atoms with E-state index in [4.69, 9.17) is 13.9 Å². The lowest BCUT2D eigenvalue weighted by Gasteiger charge is -2.14. The van der Waals surface area contributed by atoms with E-state index in [1.165, 1.54) is 0 Å². The Labute approximate surface area is 171 Å². The van der Waals surface area contributed by atoms with E-state index >= 15 is 0 Å². The second-order valence-electron chi connectivity index (χ2n) is 7.00. The molecule has 5 nitrogen and oxygen atoms in total. The summed E-state index contributed by atoms with van der Waals surface area (Å²) in [5.74, 6) is 1.40. The zero-order valence-electron chi connectivity index (χ0n) is 17.6. The van der Waals surface area contributed by atoms with E-state index in [0.717, 1.165) is 50.3 Å². The molecule has 0 fully saturated rings. The molecule has 152 valence electrons. The van der Waals surface area contributed by atoms with Gasteiger partial charge in [0.25, 0.3) is 0 Å². The lowest BCUT2D eigenvalue weighted by Crippen LogP contribution is -2.20. The molecule has 0 unspecified atom stereocenters. The van der Waals surface area contributed by atoms with Crippen LogP contribution in [0.5, 0.6) is 11.5 Å². The van der Waals surface area contributed by atoms with Crippen molar-refractivity contribution in [2.45, 2.75) is 34.2 Å². The van der Waals surface area contributed by atoms with Crippen LogP contribution in [0, 0.1) is 13.8 Å². The minimum Gasteiger partial charge on any atom is -0.497 e. The van der Waals surface area contributed by atoms with Gasteiger partial charge in [0.05, 0.1) is 20.0 Å². The zero-order chi connectivity index (χ0) is 21.0. The Morgan fingerprint density at radius 2 is 1.93 bits per heavy atom. The van der Waals surface area contributed by atoms with Gasteiger partial charge in [0.2, 0.25) is 5.91 Å². The Kier molecular flexibility index (Phi) is 6.27.